The number of carbonyl (C=O) groups excluding carboxylic acids is 1. The molecule has 0 unspecified atom stereocenters. The van der Waals surface area contributed by atoms with Gasteiger partial charge in [0, 0.05) is 25.0 Å². The van der Waals surface area contributed by atoms with Gasteiger partial charge in [0.05, 0.1) is 6.61 Å². The molecule has 1 amide bonds. The second-order valence-electron chi connectivity index (χ2n) is 6.59. The molecular weight excluding hydrogens is 352 g/mol. The Morgan fingerprint density at radius 1 is 1.11 bits per heavy atom. The van der Waals surface area contributed by atoms with E-state index in [0.29, 0.717) is 23.9 Å². The maximum atomic E-state index is 12.6. The van der Waals surface area contributed by atoms with E-state index in [4.69, 9.17) is 4.74 Å². The molecule has 6 heteroatoms. The Kier molecular flexibility index (Phi) is 5.19. The Bertz CT molecular complexity index is 972. The van der Waals surface area contributed by atoms with Crippen LogP contribution >= 0.6 is 0 Å². The summed E-state index contributed by atoms with van der Waals surface area (Å²) >= 11 is 0. The summed E-state index contributed by atoms with van der Waals surface area (Å²) in [5, 5.41) is 2.87. The molecule has 0 saturated heterocycles. The third-order valence-corrected chi connectivity index (χ3v) is 4.71. The second-order valence-corrected chi connectivity index (χ2v) is 6.59. The molecule has 0 radical (unpaired) electrons. The molecule has 0 atom stereocenters. The van der Waals surface area contributed by atoms with Crippen LogP contribution in [0.2, 0.25) is 0 Å². The van der Waals surface area contributed by atoms with Gasteiger partial charge in [-0.3, -0.25) is 4.79 Å². The van der Waals surface area contributed by atoms with E-state index in [1.807, 2.05) is 37.3 Å². The first-order chi connectivity index (χ1) is 13.7. The fraction of sp³-hybridized carbons (Fsp3) is 0.227. The van der Waals surface area contributed by atoms with Crippen molar-refractivity contribution < 1.29 is 9.53 Å². The van der Waals surface area contributed by atoms with Crippen molar-refractivity contribution in [2.75, 3.05) is 23.4 Å². The summed E-state index contributed by atoms with van der Waals surface area (Å²) < 4.78 is 5.42. The Morgan fingerprint density at radius 3 is 2.68 bits per heavy atom. The molecule has 2 aromatic carbocycles. The molecule has 4 rings (SSSR count). The van der Waals surface area contributed by atoms with Gasteiger partial charge in [0.1, 0.15) is 11.4 Å². The summed E-state index contributed by atoms with van der Waals surface area (Å²) in [5.41, 5.74) is 3.68. The third kappa shape index (κ3) is 3.96. The summed E-state index contributed by atoms with van der Waals surface area (Å²) in [6, 6.07) is 17.3. The van der Waals surface area contributed by atoms with Crippen LogP contribution in [-0.4, -0.2) is 29.0 Å². The molecule has 0 saturated carbocycles. The number of nitrogens with one attached hydrogen (secondary N) is 1. The maximum Gasteiger partial charge on any atom is 0.274 e. The number of hydrogen-bond donors (Lipinski definition) is 1. The molecular formula is C22H22N4O2. The van der Waals surface area contributed by atoms with Gasteiger partial charge < -0.3 is 15.0 Å². The summed E-state index contributed by atoms with van der Waals surface area (Å²) in [5.74, 6) is 1.09. The Morgan fingerprint density at radius 2 is 1.89 bits per heavy atom. The zero-order valence-corrected chi connectivity index (χ0v) is 15.8. The number of anilines is 2. The van der Waals surface area contributed by atoms with Crippen LogP contribution in [0.1, 0.15) is 28.5 Å². The van der Waals surface area contributed by atoms with Crippen molar-refractivity contribution in [3.8, 4) is 5.75 Å². The van der Waals surface area contributed by atoms with E-state index in [9.17, 15) is 4.79 Å². The lowest BCUT2D eigenvalue weighted by molar-refractivity contribution is 0.102. The molecule has 3 aromatic rings. The lowest BCUT2D eigenvalue weighted by atomic mass is 10.0. The van der Waals surface area contributed by atoms with Crippen molar-refractivity contribution in [3.05, 3.63) is 77.6 Å². The molecule has 0 aliphatic carbocycles. The lowest BCUT2D eigenvalue weighted by Gasteiger charge is -2.28. The van der Waals surface area contributed by atoms with E-state index in [0.717, 1.165) is 25.3 Å². The number of nitrogens with zero attached hydrogens (tertiary/aromatic N) is 3. The fourth-order valence-electron chi connectivity index (χ4n) is 3.29. The minimum Gasteiger partial charge on any atom is -0.494 e. The van der Waals surface area contributed by atoms with Crippen molar-refractivity contribution >= 4 is 17.5 Å². The van der Waals surface area contributed by atoms with Crippen LogP contribution in [0.15, 0.2) is 60.8 Å². The Labute approximate surface area is 164 Å². The molecule has 0 spiro atoms. The van der Waals surface area contributed by atoms with Gasteiger partial charge in [-0.15, -0.1) is 0 Å². The van der Waals surface area contributed by atoms with E-state index in [2.05, 4.69) is 38.4 Å². The fourth-order valence-corrected chi connectivity index (χ4v) is 3.29. The van der Waals surface area contributed by atoms with Crippen LogP contribution in [0.3, 0.4) is 0 Å². The number of ether oxygens (including phenoxy) is 1. The highest BCUT2D eigenvalue weighted by Crippen LogP contribution is 2.22. The Hall–Kier alpha value is -3.41. The second kappa shape index (κ2) is 8.08. The van der Waals surface area contributed by atoms with Gasteiger partial charge in [0.2, 0.25) is 5.95 Å². The van der Waals surface area contributed by atoms with Crippen LogP contribution < -0.4 is 15.0 Å². The zero-order chi connectivity index (χ0) is 19.3. The van der Waals surface area contributed by atoms with E-state index in [1.54, 1.807) is 12.3 Å². The van der Waals surface area contributed by atoms with Gasteiger partial charge in [-0.05, 0) is 54.8 Å². The molecule has 0 fully saturated rings. The highest BCUT2D eigenvalue weighted by molar-refractivity contribution is 6.03. The summed E-state index contributed by atoms with van der Waals surface area (Å²) in [6.07, 6.45) is 2.58. The first-order valence-electron chi connectivity index (χ1n) is 9.42. The number of aromatic nitrogens is 2. The minimum atomic E-state index is -0.259. The lowest BCUT2D eigenvalue weighted by Crippen LogP contribution is -2.32. The molecule has 1 aromatic heterocycles. The first kappa shape index (κ1) is 18.0. The van der Waals surface area contributed by atoms with Gasteiger partial charge in [-0.2, -0.15) is 0 Å². The average Bonchev–Trinajstić information content (AvgIpc) is 2.75. The minimum absolute atomic E-state index is 0.259. The topological polar surface area (TPSA) is 67.3 Å². The first-order valence-corrected chi connectivity index (χ1v) is 9.42. The number of carbonyl (C=O) groups is 1. The zero-order valence-electron chi connectivity index (χ0n) is 15.8. The molecule has 28 heavy (non-hydrogen) atoms. The molecule has 0 bridgehead atoms. The average molecular weight is 374 g/mol. The number of benzene rings is 2. The van der Waals surface area contributed by atoms with Gasteiger partial charge in [-0.1, -0.05) is 24.3 Å². The standard InChI is InChI=1S/C22H22N4O2/c1-2-28-19-9-7-18(8-10-19)24-21(27)20-11-13-23-22(25-20)26-14-12-16-5-3-4-6-17(16)15-26/h3-11,13H,2,12,14-15H2,1H3,(H,24,27). The summed E-state index contributed by atoms with van der Waals surface area (Å²) in [6.45, 7) is 4.13. The molecule has 142 valence electrons. The maximum absolute atomic E-state index is 12.6. The van der Waals surface area contributed by atoms with Crippen molar-refractivity contribution in [2.24, 2.45) is 0 Å². The van der Waals surface area contributed by atoms with E-state index < -0.39 is 0 Å². The number of rotatable bonds is 5. The van der Waals surface area contributed by atoms with Gasteiger partial charge >= 0.3 is 0 Å². The highest BCUT2D eigenvalue weighted by Gasteiger charge is 2.19. The normalized spacial score (nSPS) is 13.0. The van der Waals surface area contributed by atoms with Crippen molar-refractivity contribution in [1.82, 2.24) is 9.97 Å². The van der Waals surface area contributed by atoms with Crippen molar-refractivity contribution in [2.45, 2.75) is 19.9 Å². The van der Waals surface area contributed by atoms with Crippen molar-refractivity contribution in [3.63, 3.8) is 0 Å². The third-order valence-electron chi connectivity index (χ3n) is 4.71. The van der Waals surface area contributed by atoms with Crippen LogP contribution in [0.25, 0.3) is 0 Å². The number of amides is 1. The smallest absolute Gasteiger partial charge is 0.274 e. The summed E-state index contributed by atoms with van der Waals surface area (Å²) in [4.78, 5) is 23.6. The van der Waals surface area contributed by atoms with Crippen LogP contribution in [0, 0.1) is 0 Å². The number of hydrogen-bond acceptors (Lipinski definition) is 5. The van der Waals surface area contributed by atoms with Gasteiger partial charge in [0.25, 0.3) is 5.91 Å². The van der Waals surface area contributed by atoms with Gasteiger partial charge in [0.15, 0.2) is 0 Å². The van der Waals surface area contributed by atoms with Crippen LogP contribution in [0.4, 0.5) is 11.6 Å². The predicted octanol–water partition coefficient (Wildman–Crippen LogP) is 3.69. The summed E-state index contributed by atoms with van der Waals surface area (Å²) in [7, 11) is 0. The highest BCUT2D eigenvalue weighted by atomic mass is 16.5. The molecule has 1 N–H and O–H groups in total. The van der Waals surface area contributed by atoms with E-state index in [1.165, 1.54) is 11.1 Å². The SMILES string of the molecule is CCOc1ccc(NC(=O)c2ccnc(N3CCc4ccccc4C3)n2)cc1. The predicted molar refractivity (Wildman–Crippen MR) is 109 cm³/mol. The van der Waals surface area contributed by atoms with Crippen molar-refractivity contribution in [1.29, 1.82) is 0 Å². The van der Waals surface area contributed by atoms with E-state index >= 15 is 0 Å². The van der Waals surface area contributed by atoms with Crippen LogP contribution in [0.5, 0.6) is 5.75 Å². The molecule has 2 heterocycles. The van der Waals surface area contributed by atoms with Crippen LogP contribution in [-0.2, 0) is 13.0 Å². The molecule has 1 aliphatic heterocycles. The molecule has 6 nitrogen and oxygen atoms in total. The monoisotopic (exact) mass is 374 g/mol. The Balaban J connectivity index is 1.47. The quantitative estimate of drug-likeness (QED) is 0.738. The number of fused-ring (bicyclic) bond motifs is 1. The largest absolute Gasteiger partial charge is 0.494 e. The molecule has 1 aliphatic rings. The van der Waals surface area contributed by atoms with E-state index in [-0.39, 0.29) is 5.91 Å². The van der Waals surface area contributed by atoms with Gasteiger partial charge in [-0.25, -0.2) is 9.97 Å².